The maximum Gasteiger partial charge on any atom is 0.393 e. The van der Waals surface area contributed by atoms with Crippen molar-refractivity contribution < 1.29 is 14.6 Å². The Hall–Kier alpha value is -2.75. The summed E-state index contributed by atoms with van der Waals surface area (Å²) < 4.78 is 1.26. The molecule has 2 aromatic rings. The lowest BCUT2D eigenvalue weighted by molar-refractivity contribution is -0.385. The van der Waals surface area contributed by atoms with Crippen LogP contribution in [0.4, 0.5) is 5.69 Å². The topological polar surface area (TPSA) is 126 Å². The summed E-state index contributed by atoms with van der Waals surface area (Å²) in [6, 6.07) is 3.46. The van der Waals surface area contributed by atoms with Crippen LogP contribution in [0.25, 0.3) is 0 Å². The van der Waals surface area contributed by atoms with Gasteiger partial charge in [0, 0.05) is 6.54 Å². The third-order valence-corrected chi connectivity index (χ3v) is 3.35. The molecule has 0 atom stereocenters. The zero-order valence-corrected chi connectivity index (χ0v) is 11.7. The third-order valence-electron chi connectivity index (χ3n) is 2.46. The second kappa shape index (κ2) is 6.13. The van der Waals surface area contributed by atoms with Crippen molar-refractivity contribution in [3.8, 4) is 0 Å². The van der Waals surface area contributed by atoms with Gasteiger partial charge in [-0.1, -0.05) is 11.2 Å². The van der Waals surface area contributed by atoms with Crippen LogP contribution >= 0.6 is 11.3 Å². The number of nitrogens with zero attached hydrogens (tertiary/aromatic N) is 4. The molecule has 0 saturated heterocycles. The summed E-state index contributed by atoms with van der Waals surface area (Å²) in [6.07, 6.45) is 1.16. The predicted molar refractivity (Wildman–Crippen MR) is 75.0 cm³/mol. The van der Waals surface area contributed by atoms with Crippen LogP contribution < -0.4 is 5.73 Å². The number of rotatable bonds is 5. The molecule has 0 saturated carbocycles. The van der Waals surface area contributed by atoms with E-state index in [1.807, 2.05) is 0 Å². The van der Waals surface area contributed by atoms with Gasteiger partial charge in [0.25, 0.3) is 0 Å². The number of amidine groups is 1. The van der Waals surface area contributed by atoms with E-state index in [-0.39, 0.29) is 5.84 Å². The summed E-state index contributed by atoms with van der Waals surface area (Å²) in [5.74, 6) is -1.02. The van der Waals surface area contributed by atoms with Crippen molar-refractivity contribution in [1.82, 2.24) is 9.78 Å². The second-order valence-electron chi connectivity index (χ2n) is 3.81. The van der Waals surface area contributed by atoms with Crippen molar-refractivity contribution in [3.63, 3.8) is 0 Å². The van der Waals surface area contributed by atoms with Gasteiger partial charge in [-0.2, -0.15) is 5.10 Å². The number of hydrogen-bond acceptors (Lipinski definition) is 7. The van der Waals surface area contributed by atoms with Crippen LogP contribution in [-0.2, 0) is 11.4 Å². The van der Waals surface area contributed by atoms with Gasteiger partial charge in [-0.05, 0) is 18.4 Å². The highest BCUT2D eigenvalue weighted by Gasteiger charge is 2.27. The van der Waals surface area contributed by atoms with E-state index in [2.05, 4.69) is 15.1 Å². The van der Waals surface area contributed by atoms with E-state index in [1.165, 1.54) is 16.0 Å². The Morgan fingerprint density at radius 3 is 3.00 bits per heavy atom. The Morgan fingerprint density at radius 1 is 1.67 bits per heavy atom. The summed E-state index contributed by atoms with van der Waals surface area (Å²) in [4.78, 5) is 27.2. The Morgan fingerprint density at radius 2 is 2.43 bits per heavy atom. The fourth-order valence-corrected chi connectivity index (χ4v) is 2.07. The molecular weight excluding hydrogens is 298 g/mol. The molecule has 2 rings (SSSR count). The van der Waals surface area contributed by atoms with E-state index >= 15 is 0 Å². The van der Waals surface area contributed by atoms with E-state index < -0.39 is 22.3 Å². The number of carbonyl (C=O) groups is 1. The molecule has 2 heterocycles. The summed E-state index contributed by atoms with van der Waals surface area (Å²) in [6.45, 7) is 2.12. The largest absolute Gasteiger partial charge is 0.393 e. The number of aryl methyl sites for hydroxylation is 1. The molecule has 9 nitrogen and oxygen atoms in total. The molecular formula is C11H11N5O4S. The maximum absolute atomic E-state index is 11.8. The van der Waals surface area contributed by atoms with Gasteiger partial charge in [0.2, 0.25) is 5.69 Å². The summed E-state index contributed by atoms with van der Waals surface area (Å²) in [5, 5.41) is 19.9. The summed E-state index contributed by atoms with van der Waals surface area (Å²) in [5.41, 5.74) is 4.77. The fourth-order valence-electron chi connectivity index (χ4n) is 1.45. The molecule has 0 bridgehead atoms. The molecule has 0 aromatic carbocycles. The second-order valence-corrected chi connectivity index (χ2v) is 4.76. The van der Waals surface area contributed by atoms with Crippen LogP contribution in [0.3, 0.4) is 0 Å². The van der Waals surface area contributed by atoms with Crippen LogP contribution in [0.1, 0.15) is 22.3 Å². The molecule has 0 aliphatic heterocycles. The molecule has 0 spiro atoms. The van der Waals surface area contributed by atoms with Crippen molar-refractivity contribution in [1.29, 1.82) is 0 Å². The van der Waals surface area contributed by atoms with Gasteiger partial charge >= 0.3 is 11.7 Å². The average Bonchev–Trinajstić information content (AvgIpc) is 3.12. The minimum Gasteiger partial charge on any atom is -0.380 e. The lowest BCUT2D eigenvalue weighted by Crippen LogP contribution is -2.14. The zero-order valence-electron chi connectivity index (χ0n) is 10.9. The average molecular weight is 309 g/mol. The van der Waals surface area contributed by atoms with E-state index in [4.69, 9.17) is 5.73 Å². The van der Waals surface area contributed by atoms with Crippen LogP contribution in [0.15, 0.2) is 28.9 Å². The van der Waals surface area contributed by atoms with Gasteiger partial charge in [0.05, 0.1) is 9.80 Å². The predicted octanol–water partition coefficient (Wildman–Crippen LogP) is 1.35. The Labute approximate surface area is 122 Å². The van der Waals surface area contributed by atoms with Crippen LogP contribution in [0, 0.1) is 10.1 Å². The lowest BCUT2D eigenvalue weighted by Gasteiger charge is -1.97. The number of carbonyl (C=O) groups excluding carboxylic acids is 1. The standard InChI is InChI=1S/C11H11N5O4S/c1-2-15-6-7(16(18)19)9(13-15)11(17)20-14-10(12)8-4-3-5-21-8/h3-6H,2H2,1H3,(H2,12,14). The first-order valence-electron chi connectivity index (χ1n) is 5.83. The quantitative estimate of drug-likeness (QED) is 0.292. The van der Waals surface area contributed by atoms with Crippen LogP contribution in [0.5, 0.6) is 0 Å². The SMILES string of the molecule is CCn1cc([N+](=O)[O-])c(C(=O)O/N=C(\N)c2cccs2)n1. The van der Waals surface area contributed by atoms with Gasteiger partial charge in [-0.15, -0.1) is 11.3 Å². The first-order chi connectivity index (χ1) is 10.0. The van der Waals surface area contributed by atoms with Gasteiger partial charge < -0.3 is 10.6 Å². The molecule has 2 aromatic heterocycles. The van der Waals surface area contributed by atoms with E-state index in [0.29, 0.717) is 11.4 Å². The molecule has 21 heavy (non-hydrogen) atoms. The van der Waals surface area contributed by atoms with E-state index in [1.54, 1.807) is 24.4 Å². The first kappa shape index (κ1) is 14.7. The highest BCUT2D eigenvalue weighted by Crippen LogP contribution is 2.18. The molecule has 0 amide bonds. The molecule has 110 valence electrons. The van der Waals surface area contributed by atoms with Gasteiger partial charge in [-0.3, -0.25) is 14.8 Å². The van der Waals surface area contributed by atoms with Crippen molar-refractivity contribution >= 4 is 28.8 Å². The first-order valence-corrected chi connectivity index (χ1v) is 6.71. The summed E-state index contributed by atoms with van der Waals surface area (Å²) in [7, 11) is 0. The smallest absolute Gasteiger partial charge is 0.380 e. The molecule has 0 unspecified atom stereocenters. The minimum absolute atomic E-state index is 0.0101. The van der Waals surface area contributed by atoms with Gasteiger partial charge in [0.15, 0.2) is 5.84 Å². The maximum atomic E-state index is 11.8. The third kappa shape index (κ3) is 3.23. The lowest BCUT2D eigenvalue weighted by atomic mass is 10.4. The summed E-state index contributed by atoms with van der Waals surface area (Å²) >= 11 is 1.32. The highest BCUT2D eigenvalue weighted by atomic mass is 32.1. The number of hydrogen-bond donors (Lipinski definition) is 1. The minimum atomic E-state index is -1.03. The number of thiophene rings is 1. The molecule has 2 N–H and O–H groups in total. The Kier molecular flexibility index (Phi) is 4.28. The Bertz CT molecular complexity index is 692. The number of aromatic nitrogens is 2. The molecule has 10 heteroatoms. The highest BCUT2D eigenvalue weighted by molar-refractivity contribution is 7.12. The number of oxime groups is 1. The van der Waals surface area contributed by atoms with Gasteiger partial charge in [0.1, 0.15) is 6.20 Å². The molecule has 0 aliphatic rings. The van der Waals surface area contributed by atoms with Gasteiger partial charge in [-0.25, -0.2) is 4.79 Å². The zero-order chi connectivity index (χ0) is 15.4. The number of nitrogens with two attached hydrogens (primary N) is 1. The van der Waals surface area contributed by atoms with E-state index in [9.17, 15) is 14.9 Å². The molecule has 0 fully saturated rings. The van der Waals surface area contributed by atoms with Crippen molar-refractivity contribution in [2.45, 2.75) is 13.5 Å². The van der Waals surface area contributed by atoms with Crippen molar-refractivity contribution in [2.24, 2.45) is 10.9 Å². The monoisotopic (exact) mass is 309 g/mol. The molecule has 0 radical (unpaired) electrons. The number of nitro groups is 1. The van der Waals surface area contributed by atoms with Crippen LogP contribution in [-0.4, -0.2) is 26.5 Å². The Balaban J connectivity index is 2.19. The van der Waals surface area contributed by atoms with Crippen LogP contribution in [0.2, 0.25) is 0 Å². The van der Waals surface area contributed by atoms with E-state index in [0.717, 1.165) is 6.20 Å². The van der Waals surface area contributed by atoms with Crippen molar-refractivity contribution in [3.05, 3.63) is 44.4 Å². The normalized spacial score (nSPS) is 11.4. The fraction of sp³-hybridized carbons (Fsp3) is 0.182. The molecule has 0 aliphatic carbocycles. The van der Waals surface area contributed by atoms with Crippen molar-refractivity contribution in [2.75, 3.05) is 0 Å².